The number of carbonyl (C=O) groups excluding carboxylic acids is 2. The second kappa shape index (κ2) is 13.5. The molecule has 0 fully saturated rings. The van der Waals surface area contributed by atoms with Gasteiger partial charge in [-0.25, -0.2) is 8.42 Å². The Morgan fingerprint density at radius 3 is 2.19 bits per heavy atom. The highest BCUT2D eigenvalue weighted by Gasteiger charge is 2.27. The molecule has 0 saturated carbocycles. The predicted molar refractivity (Wildman–Crippen MR) is 144 cm³/mol. The van der Waals surface area contributed by atoms with Crippen LogP contribution in [0.1, 0.15) is 45.6 Å². The van der Waals surface area contributed by atoms with Crippen LogP contribution in [-0.2, 0) is 26.2 Å². The van der Waals surface area contributed by atoms with Crippen LogP contribution in [-0.4, -0.2) is 57.1 Å². The third kappa shape index (κ3) is 8.71. The van der Waals surface area contributed by atoms with E-state index in [2.05, 4.69) is 5.32 Å². The van der Waals surface area contributed by atoms with Crippen LogP contribution < -0.4 is 14.4 Å². The summed E-state index contributed by atoms with van der Waals surface area (Å²) in [6, 6.07) is 13.1. The van der Waals surface area contributed by atoms with Crippen LogP contribution in [0.25, 0.3) is 0 Å². The summed E-state index contributed by atoms with van der Waals surface area (Å²) in [7, 11) is -1.98. The summed E-state index contributed by atoms with van der Waals surface area (Å²) < 4.78 is 31.2. The van der Waals surface area contributed by atoms with Crippen molar-refractivity contribution in [2.75, 3.05) is 24.2 Å². The van der Waals surface area contributed by atoms with Crippen molar-refractivity contribution in [3.8, 4) is 5.75 Å². The lowest BCUT2D eigenvalue weighted by Gasteiger charge is -2.30. The molecule has 36 heavy (non-hydrogen) atoms. The molecule has 0 radical (unpaired) electrons. The lowest BCUT2D eigenvalue weighted by atomic mass is 10.1. The number of halogens is 1. The molecule has 10 heteroatoms. The summed E-state index contributed by atoms with van der Waals surface area (Å²) in [5, 5.41) is 3.44. The Morgan fingerprint density at radius 1 is 1.06 bits per heavy atom. The molecular formula is C26H36ClN3O5S. The first-order chi connectivity index (χ1) is 17.0. The second-order valence-corrected chi connectivity index (χ2v) is 11.1. The zero-order chi connectivity index (χ0) is 26.9. The normalized spacial score (nSPS) is 12.9. The quantitative estimate of drug-likeness (QED) is 0.412. The van der Waals surface area contributed by atoms with Crippen LogP contribution in [0.2, 0.25) is 5.02 Å². The van der Waals surface area contributed by atoms with E-state index in [-0.39, 0.29) is 43.8 Å². The molecule has 0 unspecified atom stereocenters. The largest absolute Gasteiger partial charge is 0.497 e. The van der Waals surface area contributed by atoms with Crippen LogP contribution in [0.15, 0.2) is 48.5 Å². The summed E-state index contributed by atoms with van der Waals surface area (Å²) >= 11 is 5.93. The van der Waals surface area contributed by atoms with E-state index in [1.807, 2.05) is 26.0 Å². The number of amides is 2. The maximum absolute atomic E-state index is 13.3. The summed E-state index contributed by atoms with van der Waals surface area (Å²) in [4.78, 5) is 27.7. The number of nitrogens with zero attached hydrogens (tertiary/aromatic N) is 2. The molecule has 0 bridgehead atoms. The number of ether oxygens (including phenoxy) is 1. The molecule has 2 aromatic carbocycles. The molecule has 0 heterocycles. The van der Waals surface area contributed by atoms with Crippen molar-refractivity contribution < 1.29 is 22.7 Å². The average molecular weight is 538 g/mol. The molecular weight excluding hydrogens is 502 g/mol. The molecule has 0 aromatic heterocycles. The molecule has 2 rings (SSSR count). The minimum absolute atomic E-state index is 0.0133. The van der Waals surface area contributed by atoms with Crippen LogP contribution in [0, 0.1) is 0 Å². The second-order valence-electron chi connectivity index (χ2n) is 8.78. The summed E-state index contributed by atoms with van der Waals surface area (Å²) in [6.07, 6.45) is 2.27. The Bertz CT molecular complexity index is 1110. The molecule has 1 N–H and O–H groups in total. The van der Waals surface area contributed by atoms with Gasteiger partial charge in [-0.05, 0) is 68.7 Å². The predicted octanol–water partition coefficient (Wildman–Crippen LogP) is 4.23. The number of methoxy groups -OCH3 is 1. The van der Waals surface area contributed by atoms with Gasteiger partial charge in [0.2, 0.25) is 21.8 Å². The van der Waals surface area contributed by atoms with E-state index in [0.717, 1.165) is 18.2 Å². The lowest BCUT2D eigenvalue weighted by Crippen LogP contribution is -2.49. The van der Waals surface area contributed by atoms with Crippen LogP contribution in [0.5, 0.6) is 5.75 Å². The number of sulfonamides is 1. The Labute approximate surface area is 219 Å². The van der Waals surface area contributed by atoms with E-state index in [4.69, 9.17) is 16.3 Å². The Kier molecular flexibility index (Phi) is 11.0. The third-order valence-electron chi connectivity index (χ3n) is 5.95. The first-order valence-electron chi connectivity index (χ1n) is 11.9. The molecule has 0 aliphatic heterocycles. The van der Waals surface area contributed by atoms with Gasteiger partial charge in [-0.15, -0.1) is 0 Å². The number of hydrogen-bond acceptors (Lipinski definition) is 5. The van der Waals surface area contributed by atoms with Gasteiger partial charge in [0.1, 0.15) is 11.8 Å². The molecule has 198 valence electrons. The van der Waals surface area contributed by atoms with Crippen molar-refractivity contribution in [1.29, 1.82) is 0 Å². The number of hydrogen-bond donors (Lipinski definition) is 1. The number of benzene rings is 2. The van der Waals surface area contributed by atoms with Crippen molar-refractivity contribution in [3.63, 3.8) is 0 Å². The van der Waals surface area contributed by atoms with Crippen LogP contribution >= 0.6 is 11.6 Å². The minimum Gasteiger partial charge on any atom is -0.497 e. The number of carbonyl (C=O) groups is 2. The lowest BCUT2D eigenvalue weighted by molar-refractivity contribution is -0.140. The molecule has 0 saturated heterocycles. The Balaban J connectivity index is 2.17. The van der Waals surface area contributed by atoms with Gasteiger partial charge in [0.15, 0.2) is 0 Å². The van der Waals surface area contributed by atoms with Gasteiger partial charge in [0, 0.05) is 30.6 Å². The van der Waals surface area contributed by atoms with Crippen LogP contribution in [0.4, 0.5) is 5.69 Å². The van der Waals surface area contributed by atoms with Crippen LogP contribution in [0.3, 0.4) is 0 Å². The van der Waals surface area contributed by atoms with E-state index < -0.39 is 16.1 Å². The Morgan fingerprint density at radius 2 is 1.67 bits per heavy atom. The van der Waals surface area contributed by atoms with Crippen molar-refractivity contribution in [2.45, 2.75) is 58.7 Å². The van der Waals surface area contributed by atoms with Gasteiger partial charge in [0.25, 0.3) is 0 Å². The number of anilines is 1. The molecule has 0 aliphatic rings. The topological polar surface area (TPSA) is 96.0 Å². The van der Waals surface area contributed by atoms with Crippen molar-refractivity contribution >= 4 is 39.1 Å². The van der Waals surface area contributed by atoms with Gasteiger partial charge in [-0.3, -0.25) is 13.9 Å². The highest BCUT2D eigenvalue weighted by molar-refractivity contribution is 7.92. The summed E-state index contributed by atoms with van der Waals surface area (Å²) in [5.41, 5.74) is 1.33. The SMILES string of the molecule is CC[C@H](C)NC(=O)[C@@H](C)N(Cc1ccc(OC)cc1)C(=O)CCCN(c1ccc(Cl)cc1)S(C)(=O)=O. The molecule has 8 nitrogen and oxygen atoms in total. The maximum atomic E-state index is 13.3. The van der Waals surface area contributed by atoms with Gasteiger partial charge in [-0.1, -0.05) is 30.7 Å². The van der Waals surface area contributed by atoms with Gasteiger partial charge >= 0.3 is 0 Å². The standard InChI is InChI=1S/C26H36ClN3O5S/c1-6-19(2)28-26(32)20(3)29(18-21-9-15-24(35-4)16-10-21)25(31)8-7-17-30(36(5,33)34)23-13-11-22(27)12-14-23/h9-16,19-20H,6-8,17-18H2,1-5H3,(H,28,32)/t19-,20+/m0/s1. The average Bonchev–Trinajstić information content (AvgIpc) is 2.84. The third-order valence-corrected chi connectivity index (χ3v) is 7.39. The fraction of sp³-hybridized carbons (Fsp3) is 0.462. The smallest absolute Gasteiger partial charge is 0.242 e. The number of nitrogens with one attached hydrogen (secondary N) is 1. The highest BCUT2D eigenvalue weighted by atomic mass is 35.5. The van der Waals surface area contributed by atoms with Gasteiger partial charge in [0.05, 0.1) is 19.1 Å². The maximum Gasteiger partial charge on any atom is 0.242 e. The summed E-state index contributed by atoms with van der Waals surface area (Å²) in [6.45, 7) is 5.96. The van der Waals surface area contributed by atoms with Crippen molar-refractivity contribution in [3.05, 3.63) is 59.1 Å². The monoisotopic (exact) mass is 537 g/mol. The minimum atomic E-state index is -3.56. The van der Waals surface area contributed by atoms with E-state index in [9.17, 15) is 18.0 Å². The molecule has 2 aromatic rings. The molecule has 0 aliphatic carbocycles. The first-order valence-corrected chi connectivity index (χ1v) is 14.1. The first kappa shape index (κ1) is 29.5. The molecule has 2 atom stereocenters. The number of rotatable bonds is 13. The highest BCUT2D eigenvalue weighted by Crippen LogP contribution is 2.22. The Hall–Kier alpha value is -2.78. The fourth-order valence-electron chi connectivity index (χ4n) is 3.59. The van der Waals surface area contributed by atoms with E-state index in [0.29, 0.717) is 16.5 Å². The van der Waals surface area contributed by atoms with E-state index >= 15 is 0 Å². The molecule has 0 spiro atoms. The summed E-state index contributed by atoms with van der Waals surface area (Å²) in [5.74, 6) is 0.231. The van der Waals surface area contributed by atoms with Crippen molar-refractivity contribution in [2.24, 2.45) is 0 Å². The van der Waals surface area contributed by atoms with Crippen molar-refractivity contribution in [1.82, 2.24) is 10.2 Å². The van der Waals surface area contributed by atoms with E-state index in [1.54, 1.807) is 50.4 Å². The zero-order valence-electron chi connectivity index (χ0n) is 21.5. The van der Waals surface area contributed by atoms with Gasteiger partial charge in [-0.2, -0.15) is 0 Å². The van der Waals surface area contributed by atoms with Gasteiger partial charge < -0.3 is 15.0 Å². The fourth-order valence-corrected chi connectivity index (χ4v) is 4.68. The van der Waals surface area contributed by atoms with E-state index in [1.165, 1.54) is 9.21 Å². The zero-order valence-corrected chi connectivity index (χ0v) is 23.1. The molecule has 2 amide bonds.